The SMILES string of the molecule is [2H]C([2H])([2H])c1c[c-]c(-c2cc(C([2H])([2H])C(C)(C)C)[c]([Ge]([CH3])([CH3])[CH3])cn2)cc1.[Ir].[c-]1ccc2c(oc3ccccc32)c1C1=Nc2ccccc2C1c1ccc(-c2ccccc2)cc1. The van der Waals surface area contributed by atoms with Crippen LogP contribution in [-0.2, 0) is 26.5 Å². The Morgan fingerprint density at radius 1 is 0.789 bits per heavy atom. The van der Waals surface area contributed by atoms with Gasteiger partial charge in [0, 0.05) is 31.4 Å². The minimum absolute atomic E-state index is 0. The number of rotatable bonds is 6. The third-order valence-corrected chi connectivity index (χ3v) is 14.2. The average Bonchev–Trinajstić information content (AvgIpc) is 3.82. The van der Waals surface area contributed by atoms with E-state index in [9.17, 15) is 0 Å². The molecule has 0 amide bonds. The van der Waals surface area contributed by atoms with Crippen LogP contribution >= 0.6 is 0 Å². The van der Waals surface area contributed by atoms with Crippen LogP contribution in [0.5, 0.6) is 0 Å². The van der Waals surface area contributed by atoms with Crippen LogP contribution in [0.2, 0.25) is 17.3 Å². The Kier molecular flexibility index (Phi) is 9.93. The van der Waals surface area contributed by atoms with Crippen molar-refractivity contribution in [2.24, 2.45) is 10.4 Å². The second-order valence-electron chi connectivity index (χ2n) is 16.4. The largest absolute Gasteiger partial charge is 0.501 e. The topological polar surface area (TPSA) is 38.4 Å². The number of fused-ring (bicyclic) bond motifs is 4. The van der Waals surface area contributed by atoms with E-state index in [1.165, 1.54) is 28.3 Å². The number of para-hydroxylation sites is 2. The first-order valence-electron chi connectivity index (χ1n) is 21.6. The zero-order valence-corrected chi connectivity index (χ0v) is 37.6. The van der Waals surface area contributed by atoms with E-state index >= 15 is 0 Å². The predicted molar refractivity (Wildman–Crippen MR) is 238 cm³/mol. The van der Waals surface area contributed by atoms with E-state index < -0.39 is 31.9 Å². The van der Waals surface area contributed by atoms with Crippen molar-refractivity contribution in [1.29, 1.82) is 0 Å². The molecule has 0 saturated heterocycles. The standard InChI is InChI=1S/C32H20NO.C20H28GeN.Ir/c1-2-9-21(10-3-1)22-17-19-23(20-18-22)30-26-12-4-6-15-28(26)33-31(30)27-14-8-13-25-24-11-5-7-16-29(24)34-32(25)27;1-15-8-10-16(11-9-15)19-12-17(13-20(2,3)4)18(14-22-19)21(5,6)7;/h1-13,15-20,30H;8-10,12,14H,13H2,1-7H3;/q2*-1;/i;1D3,13D2;. The van der Waals surface area contributed by atoms with Crippen LogP contribution < -0.4 is 4.40 Å². The molecule has 0 bridgehead atoms. The van der Waals surface area contributed by atoms with Crippen LogP contribution in [0, 0.1) is 24.4 Å². The van der Waals surface area contributed by atoms with Gasteiger partial charge in [0.1, 0.15) is 5.58 Å². The second kappa shape index (κ2) is 16.5. The number of pyridine rings is 1. The Labute approximate surface area is 361 Å². The number of aromatic nitrogens is 1. The van der Waals surface area contributed by atoms with E-state index in [0.29, 0.717) is 16.8 Å². The van der Waals surface area contributed by atoms with Gasteiger partial charge in [0.2, 0.25) is 0 Å². The Hall–Kier alpha value is -4.87. The molecule has 287 valence electrons. The Bertz CT molecular complexity index is 2890. The van der Waals surface area contributed by atoms with Crippen molar-refractivity contribution in [1.82, 2.24) is 4.98 Å². The van der Waals surface area contributed by atoms with E-state index in [0.717, 1.165) is 43.3 Å². The van der Waals surface area contributed by atoms with Crippen LogP contribution in [0.1, 0.15) is 61.4 Å². The molecular weight excluding hydrogens is 933 g/mol. The number of aliphatic imine (C=N–C) groups is 1. The molecule has 1 unspecified atom stereocenters. The summed E-state index contributed by atoms with van der Waals surface area (Å²) in [6.45, 7) is 3.55. The maximum atomic E-state index is 8.80. The Morgan fingerprint density at radius 2 is 1.51 bits per heavy atom. The van der Waals surface area contributed by atoms with Gasteiger partial charge in [-0.15, -0.1) is 18.2 Å². The third kappa shape index (κ3) is 8.70. The molecule has 0 aliphatic carbocycles. The molecule has 0 spiro atoms. The molecule has 2 aromatic heterocycles. The summed E-state index contributed by atoms with van der Waals surface area (Å²) >= 11 is -2.36. The Morgan fingerprint density at radius 3 is 2.23 bits per heavy atom. The smallest absolute Gasteiger partial charge is 0.120 e. The van der Waals surface area contributed by atoms with Crippen LogP contribution in [0.3, 0.4) is 0 Å². The van der Waals surface area contributed by atoms with E-state index in [1.54, 1.807) is 12.1 Å². The van der Waals surface area contributed by atoms with E-state index in [4.69, 9.17) is 16.3 Å². The van der Waals surface area contributed by atoms with Gasteiger partial charge in [-0.3, -0.25) is 4.99 Å². The van der Waals surface area contributed by atoms with Crippen LogP contribution in [-0.4, -0.2) is 24.0 Å². The first-order chi connectivity index (χ1) is 28.9. The molecular formula is C52H48GeIrN2O-2. The third-order valence-electron chi connectivity index (χ3n) is 10.0. The minimum atomic E-state index is -2.36. The first-order valence-corrected chi connectivity index (χ1v) is 26.4. The van der Waals surface area contributed by atoms with Crippen LogP contribution in [0.25, 0.3) is 44.3 Å². The zero-order chi connectivity index (χ0) is 43.3. The van der Waals surface area contributed by atoms with Gasteiger partial charge in [-0.05, 0) is 40.1 Å². The van der Waals surface area contributed by atoms with E-state index in [-0.39, 0.29) is 31.6 Å². The van der Waals surface area contributed by atoms with Crippen LogP contribution in [0.4, 0.5) is 5.69 Å². The fraction of sp³-hybridized carbons (Fsp3) is 0.192. The summed E-state index contributed by atoms with van der Waals surface area (Å²) < 4.78 is 47.4. The van der Waals surface area contributed by atoms with Gasteiger partial charge in [-0.2, -0.15) is 0 Å². The minimum Gasteiger partial charge on any atom is -0.501 e. The van der Waals surface area contributed by atoms with Gasteiger partial charge in [0.25, 0.3) is 0 Å². The molecule has 0 N–H and O–H groups in total. The molecule has 3 heterocycles. The summed E-state index contributed by atoms with van der Waals surface area (Å²) in [5.74, 6) is 6.72. The summed E-state index contributed by atoms with van der Waals surface area (Å²) in [7, 11) is 0. The number of nitrogens with zero attached hydrogens (tertiary/aromatic N) is 2. The van der Waals surface area contributed by atoms with Gasteiger partial charge >= 0.3 is 145 Å². The molecule has 9 rings (SSSR count). The molecule has 8 aromatic rings. The summed E-state index contributed by atoms with van der Waals surface area (Å²) in [4.78, 5) is 9.68. The molecule has 0 fully saturated rings. The summed E-state index contributed by atoms with van der Waals surface area (Å²) in [5.41, 5.74) is 11.2. The molecule has 0 saturated carbocycles. The zero-order valence-electron chi connectivity index (χ0n) is 38.1. The van der Waals surface area contributed by atoms with Crippen molar-refractivity contribution in [3.63, 3.8) is 0 Å². The second-order valence-corrected chi connectivity index (χ2v) is 27.0. The number of benzene rings is 6. The molecule has 57 heavy (non-hydrogen) atoms. The van der Waals surface area contributed by atoms with Gasteiger partial charge in [-0.1, -0.05) is 102 Å². The van der Waals surface area contributed by atoms with Crippen molar-refractivity contribution in [2.75, 3.05) is 0 Å². The first kappa shape index (κ1) is 34.2. The van der Waals surface area contributed by atoms with E-state index in [1.807, 2.05) is 69.4 Å². The fourth-order valence-corrected chi connectivity index (χ4v) is 10.3. The molecule has 1 radical (unpaired) electrons. The summed E-state index contributed by atoms with van der Waals surface area (Å²) in [5, 5.41) is 2.22. The fourth-order valence-electron chi connectivity index (χ4n) is 7.38. The monoisotopic (exact) mass is 988 g/mol. The predicted octanol–water partition coefficient (Wildman–Crippen LogP) is 13.3. The maximum Gasteiger partial charge on any atom is 0.120 e. The summed E-state index contributed by atoms with van der Waals surface area (Å²) in [6.07, 6.45) is 0.303. The van der Waals surface area contributed by atoms with Gasteiger partial charge in [-0.25, -0.2) is 0 Å². The number of aryl methyl sites for hydroxylation is 1. The maximum absolute atomic E-state index is 8.80. The summed E-state index contributed by atoms with van der Waals surface area (Å²) in [6, 6.07) is 53.0. The van der Waals surface area contributed by atoms with Crippen molar-refractivity contribution >= 4 is 51.0 Å². The quantitative estimate of drug-likeness (QED) is 0.123. The normalized spacial score (nSPS) is 15.5. The van der Waals surface area contributed by atoms with Crippen molar-refractivity contribution in [3.8, 4) is 22.4 Å². The van der Waals surface area contributed by atoms with E-state index in [2.05, 4.69) is 113 Å². The molecule has 1 atom stereocenters. The van der Waals surface area contributed by atoms with Gasteiger partial charge < -0.3 is 4.42 Å². The van der Waals surface area contributed by atoms with Gasteiger partial charge in [0.15, 0.2) is 0 Å². The average molecular weight is 987 g/mol. The van der Waals surface area contributed by atoms with Gasteiger partial charge in [0.05, 0.1) is 11.3 Å². The van der Waals surface area contributed by atoms with Crippen LogP contribution in [0.15, 0.2) is 155 Å². The number of hydrogen-bond donors (Lipinski definition) is 0. The molecule has 6 aromatic carbocycles. The Balaban J connectivity index is 0.000000189. The van der Waals surface area contributed by atoms with Crippen molar-refractivity contribution in [2.45, 2.75) is 57.2 Å². The molecule has 1 aliphatic rings. The van der Waals surface area contributed by atoms with Crippen molar-refractivity contribution < 1.29 is 31.4 Å². The number of furan rings is 1. The molecule has 1 aliphatic heterocycles. The number of hydrogen-bond acceptors (Lipinski definition) is 3. The molecule has 3 nitrogen and oxygen atoms in total. The van der Waals surface area contributed by atoms with Crippen molar-refractivity contribution in [3.05, 3.63) is 186 Å². The molecule has 5 heteroatoms.